The van der Waals surface area contributed by atoms with Gasteiger partial charge < -0.3 is 20.8 Å². The molecule has 0 radical (unpaired) electrons. The van der Waals surface area contributed by atoms with Crippen molar-refractivity contribution in [2.75, 3.05) is 5.32 Å². The van der Waals surface area contributed by atoms with Crippen molar-refractivity contribution in [3.05, 3.63) is 54.0 Å². The molecule has 2 rings (SSSR count). The van der Waals surface area contributed by atoms with Crippen LogP contribution in [-0.4, -0.2) is 17.9 Å². The maximum atomic E-state index is 12.0. The molecule has 4 N–H and O–H groups in total. The molecule has 0 saturated heterocycles. The van der Waals surface area contributed by atoms with E-state index in [0.717, 1.165) is 12.0 Å². The van der Waals surface area contributed by atoms with E-state index in [1.54, 1.807) is 24.3 Å². The van der Waals surface area contributed by atoms with E-state index in [1.165, 1.54) is 6.26 Å². The zero-order valence-corrected chi connectivity index (χ0v) is 15.1. The maximum absolute atomic E-state index is 12.0. The minimum atomic E-state index is -0.498. The first-order chi connectivity index (χ1) is 11.5. The van der Waals surface area contributed by atoms with E-state index in [0.29, 0.717) is 12.2 Å². The predicted molar refractivity (Wildman–Crippen MR) is 99.6 cm³/mol. The lowest BCUT2D eigenvalue weighted by molar-refractivity contribution is -0.123. The molecule has 2 unspecified atom stereocenters. The summed E-state index contributed by atoms with van der Waals surface area (Å²) in [6.45, 7) is 4.36. The van der Waals surface area contributed by atoms with E-state index in [9.17, 15) is 9.59 Å². The number of furan rings is 1. The highest BCUT2D eigenvalue weighted by Gasteiger charge is 2.18. The van der Waals surface area contributed by atoms with Crippen LogP contribution in [0.4, 0.5) is 5.69 Å². The lowest BCUT2D eigenvalue weighted by Gasteiger charge is -2.17. The Balaban J connectivity index is 0.00000312. The van der Waals surface area contributed by atoms with Crippen molar-refractivity contribution < 1.29 is 14.0 Å². The van der Waals surface area contributed by atoms with Crippen LogP contribution in [0.15, 0.2) is 47.1 Å². The highest BCUT2D eigenvalue weighted by molar-refractivity contribution is 6.02. The number of halogens is 1. The number of carbonyl (C=O) groups excluding carboxylic acids is 2. The van der Waals surface area contributed by atoms with Crippen molar-refractivity contribution in [2.45, 2.75) is 32.9 Å². The van der Waals surface area contributed by atoms with Gasteiger partial charge >= 0.3 is 0 Å². The number of anilines is 1. The van der Waals surface area contributed by atoms with Crippen molar-refractivity contribution in [2.24, 2.45) is 11.7 Å². The second-order valence-electron chi connectivity index (χ2n) is 5.76. The number of hydrogen-bond acceptors (Lipinski definition) is 4. The SMILES string of the molecule is CCC(C)C(N)C(=O)NCc1ccc(NC(=O)c2ccco2)cc1.Cl. The number of hydrogen-bond donors (Lipinski definition) is 3. The fourth-order valence-corrected chi connectivity index (χ4v) is 2.13. The highest BCUT2D eigenvalue weighted by Crippen LogP contribution is 2.12. The summed E-state index contributed by atoms with van der Waals surface area (Å²) >= 11 is 0. The second kappa shape index (κ2) is 9.86. The Morgan fingerprint density at radius 2 is 1.88 bits per heavy atom. The van der Waals surface area contributed by atoms with Gasteiger partial charge in [0.1, 0.15) is 0 Å². The zero-order valence-electron chi connectivity index (χ0n) is 14.3. The third kappa shape index (κ3) is 5.92. The molecule has 0 spiro atoms. The first-order valence-electron chi connectivity index (χ1n) is 7.98. The molecule has 1 aromatic heterocycles. The average molecular weight is 366 g/mol. The second-order valence-corrected chi connectivity index (χ2v) is 5.76. The van der Waals surface area contributed by atoms with Gasteiger partial charge in [-0.05, 0) is 35.7 Å². The summed E-state index contributed by atoms with van der Waals surface area (Å²) in [4.78, 5) is 23.8. The van der Waals surface area contributed by atoms with E-state index in [-0.39, 0.29) is 35.9 Å². The number of rotatable bonds is 7. The van der Waals surface area contributed by atoms with E-state index < -0.39 is 6.04 Å². The summed E-state index contributed by atoms with van der Waals surface area (Å²) in [5.74, 6) is -0.0605. The largest absolute Gasteiger partial charge is 0.459 e. The van der Waals surface area contributed by atoms with Gasteiger partial charge in [0.05, 0.1) is 12.3 Å². The summed E-state index contributed by atoms with van der Waals surface area (Å²) in [7, 11) is 0. The summed E-state index contributed by atoms with van der Waals surface area (Å²) < 4.78 is 5.04. The zero-order chi connectivity index (χ0) is 17.5. The summed E-state index contributed by atoms with van der Waals surface area (Å²) in [6.07, 6.45) is 2.31. The van der Waals surface area contributed by atoms with Crippen LogP contribution in [0.3, 0.4) is 0 Å². The summed E-state index contributed by atoms with van der Waals surface area (Å²) in [5, 5.41) is 5.57. The molecule has 7 heteroatoms. The topological polar surface area (TPSA) is 97.4 Å². The quantitative estimate of drug-likeness (QED) is 0.702. The van der Waals surface area contributed by atoms with Crippen LogP contribution in [0.5, 0.6) is 0 Å². The Hall–Kier alpha value is -2.31. The monoisotopic (exact) mass is 365 g/mol. The third-order valence-electron chi connectivity index (χ3n) is 3.98. The fourth-order valence-electron chi connectivity index (χ4n) is 2.13. The minimum absolute atomic E-state index is 0. The number of benzene rings is 1. The van der Waals surface area contributed by atoms with Crippen molar-refractivity contribution in [3.8, 4) is 0 Å². The predicted octanol–water partition coefficient (Wildman–Crippen LogP) is 2.94. The Labute approximate surface area is 153 Å². The average Bonchev–Trinajstić information content (AvgIpc) is 3.14. The van der Waals surface area contributed by atoms with Crippen LogP contribution < -0.4 is 16.4 Å². The van der Waals surface area contributed by atoms with E-state index >= 15 is 0 Å². The molecule has 2 amide bonds. The maximum Gasteiger partial charge on any atom is 0.291 e. The van der Waals surface area contributed by atoms with Crippen molar-refractivity contribution in [1.29, 1.82) is 0 Å². The molecule has 0 aliphatic rings. The molecule has 0 bridgehead atoms. The summed E-state index contributed by atoms with van der Waals surface area (Å²) in [5.41, 5.74) is 7.47. The van der Waals surface area contributed by atoms with Crippen molar-refractivity contribution in [1.82, 2.24) is 5.32 Å². The number of amides is 2. The molecular weight excluding hydrogens is 342 g/mol. The first kappa shape index (κ1) is 20.7. The van der Waals surface area contributed by atoms with E-state index in [4.69, 9.17) is 10.2 Å². The Bertz CT molecular complexity index is 671. The fraction of sp³-hybridized carbons (Fsp3) is 0.333. The van der Waals surface area contributed by atoms with Crippen LogP contribution in [0.25, 0.3) is 0 Å². The molecule has 0 saturated carbocycles. The van der Waals surface area contributed by atoms with Crippen LogP contribution >= 0.6 is 12.4 Å². The van der Waals surface area contributed by atoms with Gasteiger partial charge in [0.25, 0.3) is 5.91 Å². The van der Waals surface area contributed by atoms with E-state index in [1.807, 2.05) is 26.0 Å². The Kier molecular flexibility index (Phi) is 8.18. The normalized spacial score (nSPS) is 12.6. The molecule has 0 aliphatic carbocycles. The van der Waals surface area contributed by atoms with Crippen molar-refractivity contribution >= 4 is 29.9 Å². The van der Waals surface area contributed by atoms with Crippen LogP contribution in [0.2, 0.25) is 0 Å². The van der Waals surface area contributed by atoms with Gasteiger partial charge in [-0.3, -0.25) is 9.59 Å². The third-order valence-corrected chi connectivity index (χ3v) is 3.98. The molecule has 1 aromatic carbocycles. The smallest absolute Gasteiger partial charge is 0.291 e. The van der Waals surface area contributed by atoms with Gasteiger partial charge in [0, 0.05) is 12.2 Å². The van der Waals surface area contributed by atoms with Gasteiger partial charge in [0.2, 0.25) is 5.91 Å². The summed E-state index contributed by atoms with van der Waals surface area (Å²) in [6, 6.07) is 9.99. The highest BCUT2D eigenvalue weighted by atomic mass is 35.5. The van der Waals surface area contributed by atoms with Gasteiger partial charge in [-0.15, -0.1) is 12.4 Å². The molecule has 2 aromatic rings. The number of nitrogens with one attached hydrogen (secondary N) is 2. The molecule has 6 nitrogen and oxygen atoms in total. The molecule has 1 heterocycles. The molecule has 25 heavy (non-hydrogen) atoms. The van der Waals surface area contributed by atoms with Crippen LogP contribution in [0.1, 0.15) is 36.4 Å². The number of nitrogens with two attached hydrogens (primary N) is 1. The first-order valence-corrected chi connectivity index (χ1v) is 7.98. The van der Waals surface area contributed by atoms with Crippen LogP contribution in [0, 0.1) is 5.92 Å². The Morgan fingerprint density at radius 3 is 2.44 bits per heavy atom. The standard InChI is InChI=1S/C18H23N3O3.ClH/c1-3-12(2)16(19)18(23)20-11-13-6-8-14(9-7-13)21-17(22)15-5-4-10-24-15;/h4-10,12,16H,3,11,19H2,1-2H3,(H,20,23)(H,21,22);1H. The molecule has 2 atom stereocenters. The van der Waals surface area contributed by atoms with Gasteiger partial charge in [-0.25, -0.2) is 0 Å². The minimum Gasteiger partial charge on any atom is -0.459 e. The van der Waals surface area contributed by atoms with Gasteiger partial charge in [0.15, 0.2) is 5.76 Å². The molecule has 0 fully saturated rings. The van der Waals surface area contributed by atoms with Gasteiger partial charge in [-0.2, -0.15) is 0 Å². The Morgan fingerprint density at radius 1 is 1.20 bits per heavy atom. The molecule has 0 aliphatic heterocycles. The molecular formula is C18H24ClN3O3. The number of carbonyl (C=O) groups is 2. The van der Waals surface area contributed by atoms with Crippen LogP contribution in [-0.2, 0) is 11.3 Å². The lowest BCUT2D eigenvalue weighted by Crippen LogP contribution is -2.44. The van der Waals surface area contributed by atoms with E-state index in [2.05, 4.69) is 10.6 Å². The van der Waals surface area contributed by atoms with Crippen molar-refractivity contribution in [3.63, 3.8) is 0 Å². The lowest BCUT2D eigenvalue weighted by atomic mass is 9.99. The molecule has 136 valence electrons. The van der Waals surface area contributed by atoms with Gasteiger partial charge in [-0.1, -0.05) is 32.4 Å².